The van der Waals surface area contributed by atoms with E-state index in [0.29, 0.717) is 0 Å². The van der Waals surface area contributed by atoms with Crippen LogP contribution in [0.2, 0.25) is 0 Å². The first-order valence-electron chi connectivity index (χ1n) is 6.93. The highest BCUT2D eigenvalue weighted by atomic mass is 32.1. The molecule has 1 aliphatic carbocycles. The maximum Gasteiger partial charge on any atom is 0.308 e. The number of anilines is 1. The van der Waals surface area contributed by atoms with Crippen molar-refractivity contribution in [2.24, 2.45) is 5.92 Å². The number of aliphatic carboxylic acids is 1. The molecule has 3 rings (SSSR count). The normalized spacial score (nSPS) is 23.4. The predicted octanol–water partition coefficient (Wildman–Crippen LogP) is 3.14. The Kier molecular flexibility index (Phi) is 3.82. The molecule has 0 aromatic carbocycles. The van der Waals surface area contributed by atoms with Crippen molar-refractivity contribution >= 4 is 33.3 Å². The summed E-state index contributed by atoms with van der Waals surface area (Å²) in [5, 5.41) is 14.8. The van der Waals surface area contributed by atoms with Crippen LogP contribution in [0.5, 0.6) is 0 Å². The Morgan fingerprint density at radius 1 is 1.30 bits per heavy atom. The van der Waals surface area contributed by atoms with Crippen molar-refractivity contribution in [1.82, 2.24) is 9.97 Å². The molecule has 2 heterocycles. The lowest BCUT2D eigenvalue weighted by molar-refractivity contribution is -0.142. The Bertz CT molecular complexity index is 613. The molecule has 106 valence electrons. The minimum Gasteiger partial charge on any atom is -0.481 e. The first-order valence-corrected chi connectivity index (χ1v) is 7.81. The lowest BCUT2D eigenvalue weighted by Crippen LogP contribution is -2.34. The summed E-state index contributed by atoms with van der Waals surface area (Å²) in [6.07, 6.45) is 6.33. The highest BCUT2D eigenvalue weighted by Gasteiger charge is 2.30. The number of nitrogens with one attached hydrogen (secondary N) is 1. The van der Waals surface area contributed by atoms with Crippen LogP contribution in [0, 0.1) is 5.92 Å². The first-order chi connectivity index (χ1) is 9.75. The van der Waals surface area contributed by atoms with Gasteiger partial charge in [0.2, 0.25) is 0 Å². The van der Waals surface area contributed by atoms with E-state index in [1.54, 1.807) is 11.3 Å². The molecule has 0 bridgehead atoms. The van der Waals surface area contributed by atoms with Gasteiger partial charge in [-0.05, 0) is 24.3 Å². The molecule has 1 fully saturated rings. The van der Waals surface area contributed by atoms with Crippen molar-refractivity contribution in [3.63, 3.8) is 0 Å². The van der Waals surface area contributed by atoms with E-state index in [4.69, 9.17) is 0 Å². The van der Waals surface area contributed by atoms with Gasteiger partial charge in [0.05, 0.1) is 16.1 Å². The van der Waals surface area contributed by atoms with Crippen LogP contribution in [0.4, 0.5) is 5.82 Å². The minimum atomic E-state index is -0.708. The van der Waals surface area contributed by atoms with Crippen molar-refractivity contribution in [3.8, 4) is 0 Å². The summed E-state index contributed by atoms with van der Waals surface area (Å²) in [6.45, 7) is 0. The third-order valence-corrected chi connectivity index (χ3v) is 4.81. The number of nitrogens with zero attached hydrogens (tertiary/aromatic N) is 2. The van der Waals surface area contributed by atoms with Gasteiger partial charge in [0.1, 0.15) is 12.1 Å². The standard InChI is InChI=1S/C14H17N3O2S/c18-14(19)9-4-2-1-3-5-10(9)17-13-12-11(6-7-20-12)15-8-16-13/h6-10H,1-5H2,(H,18,19)(H,15,16,17). The van der Waals surface area contributed by atoms with Gasteiger partial charge < -0.3 is 10.4 Å². The fourth-order valence-electron chi connectivity index (χ4n) is 2.84. The van der Waals surface area contributed by atoms with Crippen LogP contribution < -0.4 is 5.32 Å². The van der Waals surface area contributed by atoms with Gasteiger partial charge in [0.25, 0.3) is 0 Å². The van der Waals surface area contributed by atoms with Gasteiger partial charge >= 0.3 is 5.97 Å². The zero-order chi connectivity index (χ0) is 13.9. The first kappa shape index (κ1) is 13.3. The molecule has 2 N–H and O–H groups in total. The van der Waals surface area contributed by atoms with Crippen LogP contribution >= 0.6 is 11.3 Å². The predicted molar refractivity (Wildman–Crippen MR) is 79.0 cm³/mol. The van der Waals surface area contributed by atoms with E-state index >= 15 is 0 Å². The monoisotopic (exact) mass is 291 g/mol. The Labute approximate surface area is 121 Å². The topological polar surface area (TPSA) is 75.1 Å². The molecule has 1 saturated carbocycles. The van der Waals surface area contributed by atoms with E-state index in [0.717, 1.165) is 48.1 Å². The van der Waals surface area contributed by atoms with E-state index in [9.17, 15) is 9.90 Å². The number of carboxylic acids is 1. The molecule has 5 nitrogen and oxygen atoms in total. The number of fused-ring (bicyclic) bond motifs is 1. The molecular weight excluding hydrogens is 274 g/mol. The molecule has 0 amide bonds. The molecule has 2 aromatic heterocycles. The maximum atomic E-state index is 11.5. The summed E-state index contributed by atoms with van der Waals surface area (Å²) in [5.41, 5.74) is 0.910. The molecule has 0 aliphatic heterocycles. The molecule has 0 saturated heterocycles. The molecule has 2 atom stereocenters. The van der Waals surface area contributed by atoms with E-state index in [-0.39, 0.29) is 12.0 Å². The van der Waals surface area contributed by atoms with Crippen LogP contribution in [0.25, 0.3) is 10.2 Å². The summed E-state index contributed by atoms with van der Waals surface area (Å²) in [6, 6.07) is 1.91. The Morgan fingerprint density at radius 2 is 2.15 bits per heavy atom. The molecule has 2 aromatic rings. The second-order valence-corrected chi connectivity index (χ2v) is 6.11. The van der Waals surface area contributed by atoms with Crippen molar-refractivity contribution in [3.05, 3.63) is 17.8 Å². The molecule has 0 spiro atoms. The zero-order valence-electron chi connectivity index (χ0n) is 11.1. The van der Waals surface area contributed by atoms with Crippen molar-refractivity contribution < 1.29 is 9.90 Å². The van der Waals surface area contributed by atoms with Gasteiger partial charge in [-0.3, -0.25) is 4.79 Å². The SMILES string of the molecule is O=C(O)C1CCCCCC1Nc1ncnc2ccsc12. The van der Waals surface area contributed by atoms with Crippen molar-refractivity contribution in [2.75, 3.05) is 5.32 Å². The lowest BCUT2D eigenvalue weighted by atomic mass is 9.95. The zero-order valence-corrected chi connectivity index (χ0v) is 11.9. The number of aromatic nitrogens is 2. The summed E-state index contributed by atoms with van der Waals surface area (Å²) in [5.74, 6) is -0.272. The van der Waals surface area contributed by atoms with Crippen LogP contribution in [-0.2, 0) is 4.79 Å². The van der Waals surface area contributed by atoms with Crippen LogP contribution in [0.3, 0.4) is 0 Å². The third-order valence-electron chi connectivity index (χ3n) is 3.90. The fraction of sp³-hybridized carbons (Fsp3) is 0.500. The average molecular weight is 291 g/mol. The van der Waals surface area contributed by atoms with Crippen LogP contribution in [-0.4, -0.2) is 27.1 Å². The number of hydrogen-bond acceptors (Lipinski definition) is 5. The molecule has 20 heavy (non-hydrogen) atoms. The number of rotatable bonds is 3. The summed E-state index contributed by atoms with van der Waals surface area (Å²) in [4.78, 5) is 20.0. The van der Waals surface area contributed by atoms with E-state index < -0.39 is 5.97 Å². The van der Waals surface area contributed by atoms with Gasteiger partial charge in [0.15, 0.2) is 0 Å². The molecular formula is C14H17N3O2S. The second kappa shape index (κ2) is 5.75. The molecule has 2 unspecified atom stereocenters. The Morgan fingerprint density at radius 3 is 3.00 bits per heavy atom. The van der Waals surface area contributed by atoms with E-state index in [1.165, 1.54) is 6.33 Å². The lowest BCUT2D eigenvalue weighted by Gasteiger charge is -2.23. The van der Waals surface area contributed by atoms with Crippen molar-refractivity contribution in [1.29, 1.82) is 0 Å². The third kappa shape index (κ3) is 2.60. The molecule has 6 heteroatoms. The van der Waals surface area contributed by atoms with Crippen LogP contribution in [0.1, 0.15) is 32.1 Å². The largest absolute Gasteiger partial charge is 0.481 e. The Balaban J connectivity index is 1.87. The fourth-order valence-corrected chi connectivity index (χ4v) is 3.64. The quantitative estimate of drug-likeness (QED) is 0.850. The van der Waals surface area contributed by atoms with Crippen LogP contribution in [0.15, 0.2) is 17.8 Å². The highest BCUT2D eigenvalue weighted by Crippen LogP contribution is 2.30. The smallest absolute Gasteiger partial charge is 0.308 e. The summed E-state index contributed by atoms with van der Waals surface area (Å²) in [7, 11) is 0. The van der Waals surface area contributed by atoms with Gasteiger partial charge in [0, 0.05) is 6.04 Å². The minimum absolute atomic E-state index is 0.0461. The molecule has 1 aliphatic rings. The van der Waals surface area contributed by atoms with Crippen molar-refractivity contribution in [2.45, 2.75) is 38.1 Å². The number of carboxylic acid groups (broad SMARTS) is 1. The summed E-state index contributed by atoms with van der Waals surface area (Å²) >= 11 is 1.58. The van der Waals surface area contributed by atoms with E-state index in [2.05, 4.69) is 15.3 Å². The number of hydrogen-bond donors (Lipinski definition) is 2. The van der Waals surface area contributed by atoms with Gasteiger partial charge in [-0.1, -0.05) is 19.3 Å². The van der Waals surface area contributed by atoms with Gasteiger partial charge in [-0.15, -0.1) is 11.3 Å². The van der Waals surface area contributed by atoms with Gasteiger partial charge in [-0.2, -0.15) is 0 Å². The van der Waals surface area contributed by atoms with Gasteiger partial charge in [-0.25, -0.2) is 9.97 Å². The highest BCUT2D eigenvalue weighted by molar-refractivity contribution is 7.17. The second-order valence-electron chi connectivity index (χ2n) is 5.19. The maximum absolute atomic E-state index is 11.5. The van der Waals surface area contributed by atoms with E-state index in [1.807, 2.05) is 11.4 Å². The Hall–Kier alpha value is -1.69. The molecule has 0 radical (unpaired) electrons. The average Bonchev–Trinajstić information content (AvgIpc) is 2.79. The number of carbonyl (C=O) groups is 1. The number of thiophene rings is 1. The summed E-state index contributed by atoms with van der Waals surface area (Å²) < 4.78 is 1.00.